The number of hydrogen-bond acceptors (Lipinski definition) is 2. The van der Waals surface area contributed by atoms with E-state index in [1.54, 1.807) is 18.2 Å². The molecule has 0 bridgehead atoms. The molecule has 0 heterocycles. The van der Waals surface area contributed by atoms with E-state index in [9.17, 15) is 8.78 Å². The molecule has 106 valence electrons. The van der Waals surface area contributed by atoms with Crippen molar-refractivity contribution in [2.24, 2.45) is 5.73 Å². The van der Waals surface area contributed by atoms with Crippen LogP contribution in [0.5, 0.6) is 0 Å². The fraction of sp³-hybridized carbons (Fsp3) is 0.600. The number of alkyl halides is 2. The van der Waals surface area contributed by atoms with Crippen LogP contribution in [0.15, 0.2) is 30.3 Å². The zero-order valence-electron chi connectivity index (χ0n) is 11.0. The summed E-state index contributed by atoms with van der Waals surface area (Å²) in [5, 5.41) is 0. The van der Waals surface area contributed by atoms with Gasteiger partial charge in [-0.25, -0.2) is 0 Å². The molecule has 0 aromatic heterocycles. The SMILES string of the molecule is NC1CCCCCC1OCC(F)(F)c1ccccc1. The van der Waals surface area contributed by atoms with Gasteiger partial charge in [-0.2, -0.15) is 8.78 Å². The molecular weight excluding hydrogens is 248 g/mol. The molecule has 0 amide bonds. The number of hydrogen-bond donors (Lipinski definition) is 1. The average molecular weight is 269 g/mol. The first-order chi connectivity index (χ1) is 9.09. The summed E-state index contributed by atoms with van der Waals surface area (Å²) in [6, 6.07) is 7.68. The van der Waals surface area contributed by atoms with Crippen molar-refractivity contribution >= 4 is 0 Å². The molecule has 2 unspecified atom stereocenters. The van der Waals surface area contributed by atoms with E-state index in [-0.39, 0.29) is 17.7 Å². The molecule has 19 heavy (non-hydrogen) atoms. The third-order valence-corrected chi connectivity index (χ3v) is 3.68. The first-order valence-corrected chi connectivity index (χ1v) is 6.90. The van der Waals surface area contributed by atoms with Crippen molar-refractivity contribution in [1.82, 2.24) is 0 Å². The van der Waals surface area contributed by atoms with Crippen molar-refractivity contribution < 1.29 is 13.5 Å². The van der Waals surface area contributed by atoms with Gasteiger partial charge in [0, 0.05) is 11.6 Å². The third kappa shape index (κ3) is 3.98. The predicted molar refractivity (Wildman–Crippen MR) is 71.1 cm³/mol. The molecule has 1 aliphatic rings. The Labute approximate surface area is 112 Å². The van der Waals surface area contributed by atoms with E-state index in [0.29, 0.717) is 0 Å². The standard InChI is InChI=1S/C15H21F2NO/c16-15(17,12-7-3-1-4-8-12)11-19-14-10-6-2-5-9-13(14)18/h1,3-4,7-8,13-14H,2,5-6,9-11,18H2. The molecule has 0 aliphatic heterocycles. The first-order valence-electron chi connectivity index (χ1n) is 6.90. The Morgan fingerprint density at radius 2 is 1.79 bits per heavy atom. The van der Waals surface area contributed by atoms with E-state index in [1.165, 1.54) is 12.1 Å². The minimum atomic E-state index is -2.95. The maximum Gasteiger partial charge on any atom is 0.296 e. The lowest BCUT2D eigenvalue weighted by Gasteiger charge is -2.25. The zero-order chi connectivity index (χ0) is 13.7. The highest BCUT2D eigenvalue weighted by molar-refractivity contribution is 5.19. The monoisotopic (exact) mass is 269 g/mol. The lowest BCUT2D eigenvalue weighted by Crippen LogP contribution is -2.38. The van der Waals surface area contributed by atoms with E-state index in [1.807, 2.05) is 0 Å². The molecular formula is C15H21F2NO. The van der Waals surface area contributed by atoms with Gasteiger partial charge in [0.25, 0.3) is 5.92 Å². The van der Waals surface area contributed by atoms with Crippen molar-refractivity contribution in [1.29, 1.82) is 0 Å². The van der Waals surface area contributed by atoms with Crippen LogP contribution in [0.2, 0.25) is 0 Å². The van der Waals surface area contributed by atoms with Gasteiger partial charge in [0.15, 0.2) is 0 Å². The Balaban J connectivity index is 1.93. The van der Waals surface area contributed by atoms with E-state index < -0.39 is 12.5 Å². The van der Waals surface area contributed by atoms with Gasteiger partial charge < -0.3 is 10.5 Å². The minimum Gasteiger partial charge on any atom is -0.370 e. The van der Waals surface area contributed by atoms with Gasteiger partial charge >= 0.3 is 0 Å². The van der Waals surface area contributed by atoms with Gasteiger partial charge in [-0.15, -0.1) is 0 Å². The number of rotatable bonds is 4. The van der Waals surface area contributed by atoms with Crippen LogP contribution in [0.4, 0.5) is 8.78 Å². The van der Waals surface area contributed by atoms with E-state index in [4.69, 9.17) is 10.5 Å². The Morgan fingerprint density at radius 1 is 1.11 bits per heavy atom. The summed E-state index contributed by atoms with van der Waals surface area (Å²) in [4.78, 5) is 0. The lowest BCUT2D eigenvalue weighted by molar-refractivity contribution is -0.110. The number of benzene rings is 1. The smallest absolute Gasteiger partial charge is 0.296 e. The van der Waals surface area contributed by atoms with E-state index >= 15 is 0 Å². The summed E-state index contributed by atoms with van der Waals surface area (Å²) in [6.45, 7) is -0.588. The van der Waals surface area contributed by atoms with Crippen molar-refractivity contribution in [2.45, 2.75) is 50.2 Å². The van der Waals surface area contributed by atoms with Crippen LogP contribution in [0.25, 0.3) is 0 Å². The Bertz CT molecular complexity index is 383. The second-order valence-electron chi connectivity index (χ2n) is 5.22. The second-order valence-corrected chi connectivity index (χ2v) is 5.22. The van der Waals surface area contributed by atoms with Crippen LogP contribution in [0.3, 0.4) is 0 Å². The Morgan fingerprint density at radius 3 is 2.53 bits per heavy atom. The molecule has 0 radical (unpaired) electrons. The number of halogens is 2. The predicted octanol–water partition coefficient (Wildman–Crippen LogP) is 3.46. The molecule has 0 spiro atoms. The Hall–Kier alpha value is -1.00. The molecule has 2 atom stereocenters. The van der Waals surface area contributed by atoms with Crippen molar-refractivity contribution in [2.75, 3.05) is 6.61 Å². The van der Waals surface area contributed by atoms with Gasteiger partial charge in [-0.05, 0) is 12.8 Å². The molecule has 4 heteroatoms. The quantitative estimate of drug-likeness (QED) is 0.850. The van der Waals surface area contributed by atoms with Crippen molar-refractivity contribution in [3.8, 4) is 0 Å². The van der Waals surface area contributed by atoms with E-state index in [0.717, 1.165) is 32.1 Å². The number of ether oxygens (including phenoxy) is 1. The fourth-order valence-electron chi connectivity index (χ4n) is 2.49. The zero-order valence-corrected chi connectivity index (χ0v) is 11.0. The summed E-state index contributed by atoms with van der Waals surface area (Å²) in [5.74, 6) is -2.95. The van der Waals surface area contributed by atoms with Crippen molar-refractivity contribution in [3.05, 3.63) is 35.9 Å². The topological polar surface area (TPSA) is 35.2 Å². The summed E-state index contributed by atoms with van der Waals surface area (Å²) in [7, 11) is 0. The van der Waals surface area contributed by atoms with Crippen LogP contribution < -0.4 is 5.73 Å². The molecule has 0 saturated heterocycles. The normalized spacial score (nSPS) is 25.0. The Kier molecular flexibility index (Phi) is 4.88. The highest BCUT2D eigenvalue weighted by Crippen LogP contribution is 2.29. The third-order valence-electron chi connectivity index (χ3n) is 3.68. The van der Waals surface area contributed by atoms with Gasteiger partial charge in [0.1, 0.15) is 6.61 Å². The second kappa shape index (κ2) is 6.44. The van der Waals surface area contributed by atoms with Crippen LogP contribution in [-0.2, 0) is 10.7 Å². The fourth-order valence-corrected chi connectivity index (χ4v) is 2.49. The van der Waals surface area contributed by atoms with Crippen LogP contribution in [-0.4, -0.2) is 18.8 Å². The summed E-state index contributed by atoms with van der Waals surface area (Å²) < 4.78 is 33.4. The van der Waals surface area contributed by atoms with Crippen molar-refractivity contribution in [3.63, 3.8) is 0 Å². The average Bonchev–Trinajstić information content (AvgIpc) is 2.62. The molecule has 1 aliphatic carbocycles. The maximum absolute atomic E-state index is 14.0. The molecule has 2 N–H and O–H groups in total. The summed E-state index contributed by atoms with van der Waals surface area (Å²) in [6.07, 6.45) is 4.60. The molecule has 1 aromatic rings. The molecule has 1 aromatic carbocycles. The van der Waals surface area contributed by atoms with Crippen LogP contribution in [0, 0.1) is 0 Å². The highest BCUT2D eigenvalue weighted by atomic mass is 19.3. The summed E-state index contributed by atoms with van der Waals surface area (Å²) >= 11 is 0. The first kappa shape index (κ1) is 14.4. The van der Waals surface area contributed by atoms with Gasteiger partial charge in [-0.3, -0.25) is 0 Å². The summed E-state index contributed by atoms with van der Waals surface area (Å²) in [5.41, 5.74) is 5.97. The maximum atomic E-state index is 14.0. The van der Waals surface area contributed by atoms with E-state index in [2.05, 4.69) is 0 Å². The molecule has 1 saturated carbocycles. The van der Waals surface area contributed by atoms with Gasteiger partial charge in [-0.1, -0.05) is 49.6 Å². The lowest BCUT2D eigenvalue weighted by atomic mass is 10.1. The number of nitrogens with two attached hydrogens (primary N) is 1. The van der Waals surface area contributed by atoms with Crippen LogP contribution in [0.1, 0.15) is 37.7 Å². The van der Waals surface area contributed by atoms with Crippen LogP contribution >= 0.6 is 0 Å². The highest BCUT2D eigenvalue weighted by Gasteiger charge is 2.34. The minimum absolute atomic E-state index is 0.00260. The molecule has 2 rings (SSSR count). The van der Waals surface area contributed by atoms with Gasteiger partial charge in [0.2, 0.25) is 0 Å². The molecule has 1 fully saturated rings. The molecule has 2 nitrogen and oxygen atoms in total. The van der Waals surface area contributed by atoms with Gasteiger partial charge in [0.05, 0.1) is 6.10 Å². The largest absolute Gasteiger partial charge is 0.370 e.